The van der Waals surface area contributed by atoms with E-state index >= 15 is 0 Å². The summed E-state index contributed by atoms with van der Waals surface area (Å²) in [5.41, 5.74) is 2.13. The van der Waals surface area contributed by atoms with Crippen LogP contribution in [-0.2, 0) is 19.3 Å². The fraction of sp³-hybridized carbons (Fsp3) is 0.286. The molecule has 1 aromatic heterocycles. The molecule has 0 aliphatic heterocycles. The molecule has 0 saturated carbocycles. The fourth-order valence-corrected chi connectivity index (χ4v) is 2.45. The number of aromatic amines is 1. The normalized spacial score (nSPS) is 10.6. The number of hydrogen-bond donors (Lipinski definition) is 1. The highest BCUT2D eigenvalue weighted by molar-refractivity contribution is 14.1. The second kappa shape index (κ2) is 6.13. The second-order valence-electron chi connectivity index (χ2n) is 4.11. The molecule has 4 heteroatoms. The van der Waals surface area contributed by atoms with Crippen molar-refractivity contribution in [1.82, 2.24) is 9.97 Å². The van der Waals surface area contributed by atoms with Crippen LogP contribution in [0.2, 0.25) is 0 Å². The summed E-state index contributed by atoms with van der Waals surface area (Å²) in [5.74, 6) is 0.779. The first kappa shape index (κ1) is 13.3. The van der Waals surface area contributed by atoms with Gasteiger partial charge in [0.2, 0.25) is 0 Å². The molecule has 0 aliphatic rings. The molecule has 0 amide bonds. The Morgan fingerprint density at radius 1 is 1.22 bits per heavy atom. The van der Waals surface area contributed by atoms with Crippen LogP contribution in [0.1, 0.15) is 24.0 Å². The van der Waals surface area contributed by atoms with E-state index in [1.54, 1.807) is 0 Å². The highest BCUT2D eigenvalue weighted by Gasteiger charge is 2.07. The maximum absolute atomic E-state index is 11.7. The van der Waals surface area contributed by atoms with Crippen molar-refractivity contribution in [2.24, 2.45) is 0 Å². The van der Waals surface area contributed by atoms with E-state index in [-0.39, 0.29) is 5.56 Å². The van der Waals surface area contributed by atoms with Crippen molar-refractivity contribution >= 4 is 22.6 Å². The van der Waals surface area contributed by atoms with Crippen molar-refractivity contribution in [3.63, 3.8) is 0 Å². The third-order valence-electron chi connectivity index (χ3n) is 2.81. The molecular weight excluding hydrogens is 339 g/mol. The van der Waals surface area contributed by atoms with E-state index in [1.807, 2.05) is 25.1 Å². The third kappa shape index (κ3) is 3.19. The van der Waals surface area contributed by atoms with E-state index in [9.17, 15) is 4.79 Å². The summed E-state index contributed by atoms with van der Waals surface area (Å²) in [6.07, 6.45) is 2.46. The molecule has 1 N–H and O–H groups in total. The first-order valence-electron chi connectivity index (χ1n) is 6.02. The molecule has 94 valence electrons. The van der Waals surface area contributed by atoms with Crippen molar-refractivity contribution in [3.8, 4) is 0 Å². The monoisotopic (exact) mass is 354 g/mol. The molecule has 0 aliphatic carbocycles. The summed E-state index contributed by atoms with van der Waals surface area (Å²) in [6, 6.07) is 10.2. The van der Waals surface area contributed by atoms with Gasteiger partial charge in [-0.15, -0.1) is 0 Å². The Kier molecular flexibility index (Phi) is 4.52. The van der Waals surface area contributed by atoms with Gasteiger partial charge in [0.05, 0.1) is 9.26 Å². The Labute approximate surface area is 120 Å². The Morgan fingerprint density at radius 2 is 1.94 bits per heavy atom. The smallest absolute Gasteiger partial charge is 0.264 e. The maximum Gasteiger partial charge on any atom is 0.264 e. The molecule has 1 heterocycles. The quantitative estimate of drug-likeness (QED) is 0.859. The van der Waals surface area contributed by atoms with Crippen LogP contribution in [0.15, 0.2) is 35.1 Å². The third-order valence-corrected chi connectivity index (χ3v) is 3.92. The highest BCUT2D eigenvalue weighted by Crippen LogP contribution is 2.07. The van der Waals surface area contributed by atoms with Gasteiger partial charge >= 0.3 is 0 Å². The van der Waals surface area contributed by atoms with Gasteiger partial charge in [-0.05, 0) is 41.0 Å². The molecule has 0 atom stereocenters. The Hall–Kier alpha value is -1.17. The van der Waals surface area contributed by atoms with Gasteiger partial charge in [-0.3, -0.25) is 4.79 Å². The van der Waals surface area contributed by atoms with Crippen molar-refractivity contribution in [3.05, 3.63) is 61.3 Å². The van der Waals surface area contributed by atoms with Crippen LogP contribution in [0.25, 0.3) is 0 Å². The summed E-state index contributed by atoms with van der Waals surface area (Å²) in [5, 5.41) is 0. The van der Waals surface area contributed by atoms with Gasteiger partial charge in [-0.1, -0.05) is 37.3 Å². The molecule has 3 nitrogen and oxygen atoms in total. The summed E-state index contributed by atoms with van der Waals surface area (Å²) in [4.78, 5) is 19.1. The lowest BCUT2D eigenvalue weighted by Gasteiger charge is -2.05. The topological polar surface area (TPSA) is 45.8 Å². The number of nitrogens with zero attached hydrogens (tertiary/aromatic N) is 1. The van der Waals surface area contributed by atoms with Crippen LogP contribution in [0, 0.1) is 3.57 Å². The van der Waals surface area contributed by atoms with Crippen LogP contribution in [0.5, 0.6) is 0 Å². The predicted molar refractivity (Wildman–Crippen MR) is 80.8 cm³/mol. The van der Waals surface area contributed by atoms with Gasteiger partial charge in [0.25, 0.3) is 5.56 Å². The molecular formula is C14H15IN2O. The second-order valence-corrected chi connectivity index (χ2v) is 5.19. The lowest BCUT2D eigenvalue weighted by molar-refractivity contribution is 0.814. The Bertz CT molecular complexity index is 578. The van der Waals surface area contributed by atoms with Gasteiger partial charge in [-0.2, -0.15) is 0 Å². The Morgan fingerprint density at radius 3 is 2.61 bits per heavy atom. The number of H-pyrrole nitrogens is 1. The molecule has 0 fully saturated rings. The summed E-state index contributed by atoms with van der Waals surface area (Å²) < 4.78 is 0.707. The molecule has 0 radical (unpaired) electrons. The Balaban J connectivity index is 2.15. The molecule has 2 rings (SSSR count). The molecule has 1 aromatic carbocycles. The number of aromatic nitrogens is 2. The van der Waals surface area contributed by atoms with Gasteiger partial charge in [-0.25, -0.2) is 4.98 Å². The van der Waals surface area contributed by atoms with Crippen molar-refractivity contribution < 1.29 is 0 Å². The zero-order valence-electron chi connectivity index (χ0n) is 10.2. The fourth-order valence-electron chi connectivity index (χ4n) is 1.82. The van der Waals surface area contributed by atoms with E-state index in [0.29, 0.717) is 3.57 Å². The zero-order valence-corrected chi connectivity index (χ0v) is 12.4. The van der Waals surface area contributed by atoms with Crippen LogP contribution in [0.4, 0.5) is 0 Å². The molecule has 0 saturated heterocycles. The van der Waals surface area contributed by atoms with Crippen LogP contribution < -0.4 is 5.56 Å². The number of rotatable bonds is 4. The predicted octanol–water partition coefficient (Wildman–Crippen LogP) is 2.72. The SMILES string of the molecule is CCc1nc(CCc2ccccc2)[nH]c(=O)c1I. The lowest BCUT2D eigenvalue weighted by Crippen LogP contribution is -2.18. The zero-order chi connectivity index (χ0) is 13.0. The van der Waals surface area contributed by atoms with E-state index in [1.165, 1.54) is 5.56 Å². The summed E-state index contributed by atoms with van der Waals surface area (Å²) in [7, 11) is 0. The number of hydrogen-bond acceptors (Lipinski definition) is 2. The average Bonchev–Trinajstić information content (AvgIpc) is 2.41. The molecule has 0 spiro atoms. The van der Waals surface area contributed by atoms with Gasteiger partial charge in [0.1, 0.15) is 5.82 Å². The number of benzene rings is 1. The van der Waals surface area contributed by atoms with E-state index < -0.39 is 0 Å². The first-order chi connectivity index (χ1) is 8.70. The summed E-state index contributed by atoms with van der Waals surface area (Å²) in [6.45, 7) is 2.02. The van der Waals surface area contributed by atoms with Gasteiger partial charge < -0.3 is 4.98 Å². The lowest BCUT2D eigenvalue weighted by atomic mass is 10.1. The number of aryl methyl sites for hydroxylation is 3. The van der Waals surface area contributed by atoms with Crippen molar-refractivity contribution in [2.45, 2.75) is 26.2 Å². The minimum absolute atomic E-state index is 0.0227. The summed E-state index contributed by atoms with van der Waals surface area (Å²) >= 11 is 2.06. The first-order valence-corrected chi connectivity index (χ1v) is 7.10. The highest BCUT2D eigenvalue weighted by atomic mass is 127. The van der Waals surface area contributed by atoms with Gasteiger partial charge in [0, 0.05) is 6.42 Å². The van der Waals surface area contributed by atoms with Crippen LogP contribution >= 0.6 is 22.6 Å². The largest absolute Gasteiger partial charge is 0.310 e. The average molecular weight is 354 g/mol. The van der Waals surface area contributed by atoms with Gasteiger partial charge in [0.15, 0.2) is 0 Å². The minimum Gasteiger partial charge on any atom is -0.310 e. The van der Waals surface area contributed by atoms with Crippen LogP contribution in [-0.4, -0.2) is 9.97 Å². The van der Waals surface area contributed by atoms with Crippen LogP contribution in [0.3, 0.4) is 0 Å². The molecule has 0 bridgehead atoms. The van der Waals surface area contributed by atoms with E-state index in [4.69, 9.17) is 0 Å². The van der Waals surface area contributed by atoms with Crippen molar-refractivity contribution in [2.75, 3.05) is 0 Å². The van der Waals surface area contributed by atoms with Crippen molar-refractivity contribution in [1.29, 1.82) is 0 Å². The molecule has 2 aromatic rings. The van der Waals surface area contributed by atoms with E-state index in [2.05, 4.69) is 44.7 Å². The minimum atomic E-state index is -0.0227. The standard InChI is InChI=1S/C14H15IN2O/c1-2-11-13(15)14(18)17-12(16-11)9-8-10-6-4-3-5-7-10/h3-7H,2,8-9H2,1H3,(H,16,17,18). The number of nitrogens with one attached hydrogen (secondary N) is 1. The number of halogens is 1. The maximum atomic E-state index is 11.7. The van der Waals surface area contributed by atoms with E-state index in [0.717, 1.165) is 30.8 Å². The molecule has 0 unspecified atom stereocenters. The molecule has 18 heavy (non-hydrogen) atoms.